The first-order valence-corrected chi connectivity index (χ1v) is 5.87. The highest BCUT2D eigenvalue weighted by Crippen LogP contribution is 2.13. The van der Waals surface area contributed by atoms with Gasteiger partial charge in [0.25, 0.3) is 5.91 Å². The fourth-order valence-corrected chi connectivity index (χ4v) is 2.17. The number of aryl methyl sites for hydroxylation is 1. The van der Waals surface area contributed by atoms with Crippen LogP contribution in [0.3, 0.4) is 0 Å². The van der Waals surface area contributed by atoms with Gasteiger partial charge in [-0.25, -0.2) is 4.39 Å². The molecular weight excluding hydrogens is 219 g/mol. The van der Waals surface area contributed by atoms with Gasteiger partial charge in [-0.2, -0.15) is 0 Å². The van der Waals surface area contributed by atoms with Crippen LogP contribution in [0, 0.1) is 12.7 Å². The molecule has 2 rings (SSSR count). The molecule has 0 spiro atoms. The van der Waals surface area contributed by atoms with Crippen molar-refractivity contribution in [3.8, 4) is 0 Å². The van der Waals surface area contributed by atoms with Gasteiger partial charge in [0, 0.05) is 31.2 Å². The summed E-state index contributed by atoms with van der Waals surface area (Å²) in [5.41, 5.74) is 1.22. The minimum absolute atomic E-state index is 0.0819. The molecule has 1 aromatic rings. The average molecular weight is 236 g/mol. The minimum Gasteiger partial charge on any atom is -0.333 e. The number of nitrogens with one attached hydrogen (secondary N) is 1. The molecule has 1 aliphatic rings. The van der Waals surface area contributed by atoms with Crippen molar-refractivity contribution >= 4 is 5.91 Å². The summed E-state index contributed by atoms with van der Waals surface area (Å²) in [7, 11) is 0. The van der Waals surface area contributed by atoms with Gasteiger partial charge in [0.1, 0.15) is 5.82 Å². The first-order chi connectivity index (χ1) is 8.08. The molecule has 0 aromatic heterocycles. The number of nitrogens with zero attached hydrogens (tertiary/aromatic N) is 1. The Bertz CT molecular complexity index is 413. The lowest BCUT2D eigenvalue weighted by Gasteiger charge is -2.34. The van der Waals surface area contributed by atoms with Crippen LogP contribution in [0.25, 0.3) is 0 Å². The van der Waals surface area contributed by atoms with E-state index in [1.165, 1.54) is 12.1 Å². The molecule has 0 unspecified atom stereocenters. The summed E-state index contributed by atoms with van der Waals surface area (Å²) in [6, 6.07) is 4.63. The molecule has 0 saturated carbocycles. The summed E-state index contributed by atoms with van der Waals surface area (Å²) in [6.45, 7) is 6.05. The second kappa shape index (κ2) is 4.84. The summed E-state index contributed by atoms with van der Waals surface area (Å²) in [5.74, 6) is -0.433. The summed E-state index contributed by atoms with van der Waals surface area (Å²) in [4.78, 5) is 14.0. The van der Waals surface area contributed by atoms with Crippen LogP contribution >= 0.6 is 0 Å². The van der Waals surface area contributed by atoms with Crippen LogP contribution in [0.15, 0.2) is 18.2 Å². The number of hydrogen-bond donors (Lipinski definition) is 1. The van der Waals surface area contributed by atoms with Crippen LogP contribution < -0.4 is 5.32 Å². The Kier molecular flexibility index (Phi) is 3.43. The number of hydrogen-bond acceptors (Lipinski definition) is 2. The first kappa shape index (κ1) is 12.0. The Morgan fingerprint density at radius 2 is 2.24 bits per heavy atom. The normalized spacial score (nSPS) is 20.4. The highest BCUT2D eigenvalue weighted by atomic mass is 19.1. The van der Waals surface area contributed by atoms with Crippen molar-refractivity contribution in [3.63, 3.8) is 0 Å². The van der Waals surface area contributed by atoms with Gasteiger partial charge in [-0.15, -0.1) is 0 Å². The summed E-state index contributed by atoms with van der Waals surface area (Å²) in [5, 5.41) is 3.23. The largest absolute Gasteiger partial charge is 0.333 e. The van der Waals surface area contributed by atoms with E-state index in [0.717, 1.165) is 18.7 Å². The molecule has 1 atom stereocenters. The van der Waals surface area contributed by atoms with E-state index in [0.29, 0.717) is 12.1 Å². The molecule has 1 saturated heterocycles. The van der Waals surface area contributed by atoms with Gasteiger partial charge in [-0.3, -0.25) is 4.79 Å². The standard InChI is InChI=1S/C13H17FN2O/c1-9-5-11(7-12(14)6-9)13(17)16-4-3-15-8-10(16)2/h5-7,10,15H,3-4,8H2,1-2H3/t10-/m1/s1. The molecule has 1 aromatic carbocycles. The molecular formula is C13H17FN2O. The maximum Gasteiger partial charge on any atom is 0.254 e. The Balaban J connectivity index is 2.23. The zero-order chi connectivity index (χ0) is 12.4. The molecule has 0 aliphatic carbocycles. The van der Waals surface area contributed by atoms with Gasteiger partial charge in [-0.05, 0) is 37.6 Å². The Morgan fingerprint density at radius 3 is 2.88 bits per heavy atom. The zero-order valence-electron chi connectivity index (χ0n) is 10.2. The molecule has 1 heterocycles. The van der Waals surface area contributed by atoms with Crippen molar-refractivity contribution in [2.24, 2.45) is 0 Å². The van der Waals surface area contributed by atoms with E-state index in [1.807, 2.05) is 6.92 Å². The van der Waals surface area contributed by atoms with Crippen LogP contribution in [0.5, 0.6) is 0 Å². The van der Waals surface area contributed by atoms with Crippen LogP contribution in [0.2, 0.25) is 0 Å². The van der Waals surface area contributed by atoms with E-state index in [-0.39, 0.29) is 17.8 Å². The lowest BCUT2D eigenvalue weighted by molar-refractivity contribution is 0.0655. The van der Waals surface area contributed by atoms with Crippen molar-refractivity contribution in [1.82, 2.24) is 10.2 Å². The predicted octanol–water partition coefficient (Wildman–Crippen LogP) is 1.57. The Morgan fingerprint density at radius 1 is 1.47 bits per heavy atom. The van der Waals surface area contributed by atoms with Gasteiger partial charge in [0.2, 0.25) is 0 Å². The van der Waals surface area contributed by atoms with Crippen LogP contribution in [0.4, 0.5) is 4.39 Å². The van der Waals surface area contributed by atoms with Crippen molar-refractivity contribution in [2.45, 2.75) is 19.9 Å². The third-order valence-electron chi connectivity index (χ3n) is 3.05. The molecule has 1 N–H and O–H groups in total. The highest BCUT2D eigenvalue weighted by Gasteiger charge is 2.24. The molecule has 17 heavy (non-hydrogen) atoms. The van der Waals surface area contributed by atoms with Crippen LogP contribution in [0.1, 0.15) is 22.8 Å². The van der Waals surface area contributed by atoms with E-state index >= 15 is 0 Å². The molecule has 1 amide bonds. The number of carbonyl (C=O) groups is 1. The molecule has 0 radical (unpaired) electrons. The SMILES string of the molecule is Cc1cc(F)cc(C(=O)N2CCNC[C@H]2C)c1. The number of carbonyl (C=O) groups excluding carboxylic acids is 1. The van der Waals surface area contributed by atoms with Gasteiger partial charge < -0.3 is 10.2 Å². The lowest BCUT2D eigenvalue weighted by atomic mass is 10.1. The van der Waals surface area contributed by atoms with Gasteiger partial charge >= 0.3 is 0 Å². The zero-order valence-corrected chi connectivity index (χ0v) is 10.2. The molecule has 92 valence electrons. The second-order valence-corrected chi connectivity index (χ2v) is 4.57. The van der Waals surface area contributed by atoms with Gasteiger partial charge in [-0.1, -0.05) is 0 Å². The number of rotatable bonds is 1. The number of benzene rings is 1. The Labute approximate surface area is 101 Å². The average Bonchev–Trinajstić information content (AvgIpc) is 2.27. The monoisotopic (exact) mass is 236 g/mol. The van der Waals surface area contributed by atoms with Gasteiger partial charge in [0.15, 0.2) is 0 Å². The van der Waals surface area contributed by atoms with E-state index < -0.39 is 0 Å². The summed E-state index contributed by atoms with van der Waals surface area (Å²) in [6.07, 6.45) is 0. The maximum atomic E-state index is 13.3. The van der Waals surface area contributed by atoms with Gasteiger partial charge in [0.05, 0.1) is 0 Å². The summed E-state index contributed by atoms with van der Waals surface area (Å²) >= 11 is 0. The Hall–Kier alpha value is -1.42. The fraction of sp³-hybridized carbons (Fsp3) is 0.462. The van der Waals surface area contributed by atoms with Crippen molar-refractivity contribution < 1.29 is 9.18 Å². The third-order valence-corrected chi connectivity index (χ3v) is 3.05. The molecule has 1 fully saturated rings. The summed E-state index contributed by atoms with van der Waals surface area (Å²) < 4.78 is 13.3. The molecule has 1 aliphatic heterocycles. The van der Waals surface area contributed by atoms with E-state index in [9.17, 15) is 9.18 Å². The minimum atomic E-state index is -0.351. The maximum absolute atomic E-state index is 13.3. The third kappa shape index (κ3) is 2.64. The van der Waals surface area contributed by atoms with E-state index in [2.05, 4.69) is 5.32 Å². The van der Waals surface area contributed by atoms with Crippen LogP contribution in [-0.4, -0.2) is 36.5 Å². The predicted molar refractivity (Wildman–Crippen MR) is 64.5 cm³/mol. The second-order valence-electron chi connectivity index (χ2n) is 4.57. The first-order valence-electron chi connectivity index (χ1n) is 5.87. The van der Waals surface area contributed by atoms with Crippen molar-refractivity contribution in [3.05, 3.63) is 35.1 Å². The van der Waals surface area contributed by atoms with Crippen molar-refractivity contribution in [1.29, 1.82) is 0 Å². The number of piperazine rings is 1. The lowest BCUT2D eigenvalue weighted by Crippen LogP contribution is -2.52. The molecule has 3 nitrogen and oxygen atoms in total. The molecule has 4 heteroatoms. The van der Waals surface area contributed by atoms with E-state index in [4.69, 9.17) is 0 Å². The van der Waals surface area contributed by atoms with Crippen LogP contribution in [-0.2, 0) is 0 Å². The van der Waals surface area contributed by atoms with Crippen molar-refractivity contribution in [2.75, 3.05) is 19.6 Å². The number of amides is 1. The molecule has 0 bridgehead atoms. The highest BCUT2D eigenvalue weighted by molar-refractivity contribution is 5.94. The quantitative estimate of drug-likeness (QED) is 0.802. The smallest absolute Gasteiger partial charge is 0.254 e. The van der Waals surface area contributed by atoms with E-state index in [1.54, 1.807) is 17.9 Å². The fourth-order valence-electron chi connectivity index (χ4n) is 2.17. The number of halogens is 1. The topological polar surface area (TPSA) is 32.3 Å².